The molecule has 0 amide bonds. The van der Waals surface area contributed by atoms with Crippen LogP contribution in [0.4, 0.5) is 0 Å². The van der Waals surface area contributed by atoms with Crippen LogP contribution in [0, 0.1) is 11.8 Å². The Bertz CT molecular complexity index is 258. The molecule has 2 nitrogen and oxygen atoms in total. The molecule has 118 valence electrons. The minimum absolute atomic E-state index is 0.745. The summed E-state index contributed by atoms with van der Waals surface area (Å²) in [6.07, 6.45) is 11.3. The molecule has 2 heteroatoms. The highest BCUT2D eigenvalue weighted by Gasteiger charge is 2.27. The molecule has 1 aliphatic heterocycles. The lowest BCUT2D eigenvalue weighted by Crippen LogP contribution is -2.56. The third-order valence-corrected chi connectivity index (χ3v) is 5.68. The van der Waals surface area contributed by atoms with Gasteiger partial charge < -0.3 is 5.32 Å². The summed E-state index contributed by atoms with van der Waals surface area (Å²) in [5, 5.41) is 3.75. The van der Waals surface area contributed by atoms with Crippen LogP contribution in [-0.2, 0) is 0 Å². The number of hydrogen-bond acceptors (Lipinski definition) is 2. The van der Waals surface area contributed by atoms with E-state index in [9.17, 15) is 0 Å². The van der Waals surface area contributed by atoms with Crippen LogP contribution in [-0.4, -0.2) is 36.6 Å². The van der Waals surface area contributed by atoms with Crippen molar-refractivity contribution in [3.05, 3.63) is 0 Å². The second kappa shape index (κ2) is 8.38. The molecule has 1 N–H and O–H groups in total. The molecule has 2 atom stereocenters. The largest absolute Gasteiger partial charge is 0.311 e. The molecule has 2 fully saturated rings. The maximum atomic E-state index is 3.75. The van der Waals surface area contributed by atoms with Crippen LogP contribution < -0.4 is 5.32 Å². The Morgan fingerprint density at radius 1 is 1.05 bits per heavy atom. The van der Waals surface area contributed by atoms with Gasteiger partial charge in [-0.05, 0) is 37.6 Å². The summed E-state index contributed by atoms with van der Waals surface area (Å²) in [6, 6.07) is 1.53. The monoisotopic (exact) mass is 280 g/mol. The second-order valence-corrected chi connectivity index (χ2v) is 7.37. The molecular formula is C18H36N2. The molecule has 0 aromatic rings. The number of hydrogen-bond donors (Lipinski definition) is 1. The highest BCUT2D eigenvalue weighted by atomic mass is 15.2. The third kappa shape index (κ3) is 4.73. The fourth-order valence-electron chi connectivity index (χ4n) is 4.11. The molecule has 20 heavy (non-hydrogen) atoms. The molecule has 1 saturated carbocycles. The lowest BCUT2D eigenvalue weighted by Gasteiger charge is -2.41. The highest BCUT2D eigenvalue weighted by molar-refractivity contribution is 4.86. The van der Waals surface area contributed by atoms with Crippen LogP contribution >= 0.6 is 0 Å². The van der Waals surface area contributed by atoms with Crippen LogP contribution in [0.3, 0.4) is 0 Å². The van der Waals surface area contributed by atoms with Gasteiger partial charge in [0.15, 0.2) is 0 Å². The van der Waals surface area contributed by atoms with Crippen molar-refractivity contribution in [1.82, 2.24) is 10.2 Å². The molecule has 1 saturated heterocycles. The standard InChI is InChI=1S/C18H36N2/c1-4-6-17-14-20(18(5-2)13-19-17)12-11-16-9-7-15(3)8-10-16/h15-19H,4-14H2,1-3H3. The van der Waals surface area contributed by atoms with Crippen molar-refractivity contribution in [3.63, 3.8) is 0 Å². The van der Waals surface area contributed by atoms with Gasteiger partial charge in [-0.1, -0.05) is 52.9 Å². The Labute approximate surface area is 126 Å². The quantitative estimate of drug-likeness (QED) is 0.789. The van der Waals surface area contributed by atoms with Crippen molar-refractivity contribution < 1.29 is 0 Å². The van der Waals surface area contributed by atoms with Gasteiger partial charge in [0.05, 0.1) is 0 Å². The van der Waals surface area contributed by atoms with Gasteiger partial charge in [0, 0.05) is 25.2 Å². The first kappa shape index (κ1) is 16.3. The van der Waals surface area contributed by atoms with Crippen molar-refractivity contribution in [1.29, 1.82) is 0 Å². The van der Waals surface area contributed by atoms with E-state index in [0.29, 0.717) is 0 Å². The summed E-state index contributed by atoms with van der Waals surface area (Å²) in [4.78, 5) is 2.80. The van der Waals surface area contributed by atoms with Crippen LogP contribution in [0.15, 0.2) is 0 Å². The van der Waals surface area contributed by atoms with E-state index >= 15 is 0 Å². The summed E-state index contributed by atoms with van der Waals surface area (Å²) < 4.78 is 0. The van der Waals surface area contributed by atoms with E-state index < -0.39 is 0 Å². The van der Waals surface area contributed by atoms with Gasteiger partial charge in [-0.25, -0.2) is 0 Å². The number of nitrogens with one attached hydrogen (secondary N) is 1. The van der Waals surface area contributed by atoms with Crippen molar-refractivity contribution in [2.75, 3.05) is 19.6 Å². The summed E-state index contributed by atoms with van der Waals surface area (Å²) in [6.45, 7) is 10.9. The smallest absolute Gasteiger partial charge is 0.0218 e. The number of nitrogens with zero attached hydrogens (tertiary/aromatic N) is 1. The molecular weight excluding hydrogens is 244 g/mol. The lowest BCUT2D eigenvalue weighted by atomic mass is 9.81. The average Bonchev–Trinajstić information content (AvgIpc) is 2.47. The van der Waals surface area contributed by atoms with Gasteiger partial charge in [0.1, 0.15) is 0 Å². The highest BCUT2D eigenvalue weighted by Crippen LogP contribution is 2.30. The predicted molar refractivity (Wildman–Crippen MR) is 88.1 cm³/mol. The summed E-state index contributed by atoms with van der Waals surface area (Å²) in [5.74, 6) is 2.01. The van der Waals surface area contributed by atoms with E-state index in [4.69, 9.17) is 0 Å². The Balaban J connectivity index is 1.76. The van der Waals surface area contributed by atoms with Crippen molar-refractivity contribution in [3.8, 4) is 0 Å². The maximum absolute atomic E-state index is 3.75. The van der Waals surface area contributed by atoms with Crippen LogP contribution in [0.1, 0.15) is 72.1 Å². The Morgan fingerprint density at radius 2 is 1.80 bits per heavy atom. The van der Waals surface area contributed by atoms with Gasteiger partial charge >= 0.3 is 0 Å². The predicted octanol–water partition coefficient (Wildman–Crippen LogP) is 4.06. The topological polar surface area (TPSA) is 15.3 Å². The van der Waals surface area contributed by atoms with E-state index in [2.05, 4.69) is 31.0 Å². The van der Waals surface area contributed by atoms with E-state index in [1.54, 1.807) is 0 Å². The van der Waals surface area contributed by atoms with Gasteiger partial charge in [-0.2, -0.15) is 0 Å². The average molecular weight is 280 g/mol. The van der Waals surface area contributed by atoms with Crippen molar-refractivity contribution >= 4 is 0 Å². The maximum Gasteiger partial charge on any atom is 0.0218 e. The summed E-state index contributed by atoms with van der Waals surface area (Å²) in [7, 11) is 0. The first-order valence-corrected chi connectivity index (χ1v) is 9.20. The molecule has 0 bridgehead atoms. The Kier molecular flexibility index (Phi) is 6.83. The zero-order chi connectivity index (χ0) is 14.4. The lowest BCUT2D eigenvalue weighted by molar-refractivity contribution is 0.110. The molecule has 2 aliphatic rings. The van der Waals surface area contributed by atoms with Crippen LogP contribution in [0.5, 0.6) is 0 Å². The molecule has 2 unspecified atom stereocenters. The first-order valence-electron chi connectivity index (χ1n) is 9.20. The zero-order valence-electron chi connectivity index (χ0n) is 14.0. The second-order valence-electron chi connectivity index (χ2n) is 7.37. The first-order chi connectivity index (χ1) is 9.72. The fourth-order valence-corrected chi connectivity index (χ4v) is 4.11. The van der Waals surface area contributed by atoms with Crippen LogP contribution in [0.2, 0.25) is 0 Å². The van der Waals surface area contributed by atoms with Gasteiger partial charge in [0.2, 0.25) is 0 Å². The van der Waals surface area contributed by atoms with E-state index in [-0.39, 0.29) is 0 Å². The Hall–Kier alpha value is -0.0800. The van der Waals surface area contributed by atoms with Crippen LogP contribution in [0.25, 0.3) is 0 Å². The summed E-state index contributed by atoms with van der Waals surface area (Å²) in [5.41, 5.74) is 0. The Morgan fingerprint density at radius 3 is 2.45 bits per heavy atom. The van der Waals surface area contributed by atoms with E-state index in [1.807, 2.05) is 0 Å². The molecule has 1 aliphatic carbocycles. The third-order valence-electron chi connectivity index (χ3n) is 5.68. The molecule has 1 heterocycles. The molecule has 0 spiro atoms. The molecule has 0 aromatic carbocycles. The van der Waals surface area contributed by atoms with Gasteiger partial charge in [-0.3, -0.25) is 4.90 Å². The summed E-state index contributed by atoms with van der Waals surface area (Å²) >= 11 is 0. The SMILES string of the molecule is CCCC1CN(CCC2CCC(C)CC2)C(CC)CN1. The minimum atomic E-state index is 0.745. The molecule has 2 rings (SSSR count). The minimum Gasteiger partial charge on any atom is -0.311 e. The van der Waals surface area contributed by atoms with E-state index in [0.717, 1.165) is 23.9 Å². The molecule has 0 aromatic heterocycles. The number of piperazine rings is 1. The fraction of sp³-hybridized carbons (Fsp3) is 1.00. The van der Waals surface area contributed by atoms with Gasteiger partial charge in [0.25, 0.3) is 0 Å². The van der Waals surface area contributed by atoms with Gasteiger partial charge in [-0.15, -0.1) is 0 Å². The number of rotatable bonds is 6. The van der Waals surface area contributed by atoms with Crippen molar-refractivity contribution in [2.45, 2.75) is 84.2 Å². The normalized spacial score (nSPS) is 36.1. The zero-order valence-corrected chi connectivity index (χ0v) is 14.0. The van der Waals surface area contributed by atoms with E-state index in [1.165, 1.54) is 71.0 Å². The van der Waals surface area contributed by atoms with Crippen molar-refractivity contribution in [2.24, 2.45) is 11.8 Å². The molecule has 0 radical (unpaired) electrons.